The molecule has 2 aliphatic carbocycles. The van der Waals surface area contributed by atoms with Gasteiger partial charge in [0.1, 0.15) is 6.54 Å². The number of hydrogen-bond donors (Lipinski definition) is 2. The number of rotatable bonds is 4. The summed E-state index contributed by atoms with van der Waals surface area (Å²) in [5.41, 5.74) is -0.352. The molecule has 0 radical (unpaired) electrons. The molecule has 6 heteroatoms. The van der Waals surface area contributed by atoms with Gasteiger partial charge in [0.05, 0.1) is 0 Å². The largest absolute Gasteiger partial charge is 0.480 e. The lowest BCUT2D eigenvalue weighted by atomic mass is 9.82. The van der Waals surface area contributed by atoms with Gasteiger partial charge in [-0.05, 0) is 24.7 Å². The van der Waals surface area contributed by atoms with Crippen molar-refractivity contribution < 1.29 is 9.90 Å². The van der Waals surface area contributed by atoms with Gasteiger partial charge in [-0.2, -0.15) is 0 Å². The number of carboxylic acid groups (broad SMARTS) is 1. The Morgan fingerprint density at radius 3 is 2.62 bits per heavy atom. The summed E-state index contributed by atoms with van der Waals surface area (Å²) in [7, 11) is 0. The average Bonchev–Trinajstić information content (AvgIpc) is 2.85. The summed E-state index contributed by atoms with van der Waals surface area (Å²) in [4.78, 5) is 27.0. The lowest BCUT2D eigenvalue weighted by Crippen LogP contribution is -2.29. The van der Waals surface area contributed by atoms with Crippen LogP contribution in [0.1, 0.15) is 38.5 Å². The highest BCUT2D eigenvalue weighted by Gasteiger charge is 2.35. The number of hydrogen-bond acceptors (Lipinski definition) is 4. The molecule has 2 N–H and O–H groups in total. The average molecular weight is 291 g/mol. The Morgan fingerprint density at radius 2 is 2.00 bits per heavy atom. The first kappa shape index (κ1) is 14.1. The minimum absolute atomic E-state index is 0.280. The van der Waals surface area contributed by atoms with Crippen LogP contribution in [0.5, 0.6) is 0 Å². The molecular formula is C15H21N3O3. The van der Waals surface area contributed by atoms with Crippen LogP contribution in [0.25, 0.3) is 0 Å². The Bertz CT molecular complexity index is 570. The van der Waals surface area contributed by atoms with Crippen LogP contribution in [0.3, 0.4) is 0 Å². The zero-order valence-electron chi connectivity index (χ0n) is 12.0. The van der Waals surface area contributed by atoms with E-state index in [2.05, 4.69) is 10.3 Å². The summed E-state index contributed by atoms with van der Waals surface area (Å²) in [5, 5.41) is 12.0. The first-order valence-corrected chi connectivity index (χ1v) is 7.67. The van der Waals surface area contributed by atoms with Gasteiger partial charge in [0.2, 0.25) is 0 Å². The molecule has 3 rings (SSSR count). The van der Waals surface area contributed by atoms with E-state index >= 15 is 0 Å². The van der Waals surface area contributed by atoms with Crippen LogP contribution < -0.4 is 10.9 Å². The quantitative estimate of drug-likeness (QED) is 0.882. The number of nitrogens with zero attached hydrogens (tertiary/aromatic N) is 2. The third-order valence-corrected chi connectivity index (χ3v) is 4.80. The van der Waals surface area contributed by atoms with E-state index in [9.17, 15) is 9.59 Å². The summed E-state index contributed by atoms with van der Waals surface area (Å²) >= 11 is 0. The molecule has 2 aliphatic rings. The molecule has 0 saturated heterocycles. The SMILES string of the molecule is O=C(O)Cn1ccnc(NC2C[C@H]3CCCC[C@H]3C2)c1=O. The molecule has 0 amide bonds. The number of carboxylic acids is 1. The lowest BCUT2D eigenvalue weighted by molar-refractivity contribution is -0.137. The van der Waals surface area contributed by atoms with E-state index < -0.39 is 5.97 Å². The highest BCUT2D eigenvalue weighted by Crippen LogP contribution is 2.42. The molecular weight excluding hydrogens is 270 g/mol. The number of nitrogens with one attached hydrogen (secondary N) is 1. The van der Waals surface area contributed by atoms with Crippen LogP contribution in [-0.2, 0) is 11.3 Å². The molecule has 0 bridgehead atoms. The Morgan fingerprint density at radius 1 is 1.33 bits per heavy atom. The molecule has 1 aromatic rings. The zero-order chi connectivity index (χ0) is 14.8. The van der Waals surface area contributed by atoms with Gasteiger partial charge in [-0.15, -0.1) is 0 Å². The number of anilines is 1. The van der Waals surface area contributed by atoms with E-state index in [4.69, 9.17) is 5.11 Å². The number of carbonyl (C=O) groups is 1. The van der Waals surface area contributed by atoms with E-state index in [0.29, 0.717) is 6.04 Å². The summed E-state index contributed by atoms with van der Waals surface area (Å²) in [6.07, 6.45) is 10.3. The van der Waals surface area contributed by atoms with E-state index in [0.717, 1.165) is 24.7 Å². The maximum Gasteiger partial charge on any atom is 0.323 e. The molecule has 2 saturated carbocycles. The zero-order valence-corrected chi connectivity index (χ0v) is 12.0. The van der Waals surface area contributed by atoms with Gasteiger partial charge in [-0.1, -0.05) is 25.7 Å². The fourth-order valence-electron chi connectivity index (χ4n) is 3.86. The fraction of sp³-hybridized carbons (Fsp3) is 0.667. The van der Waals surface area contributed by atoms with Gasteiger partial charge < -0.3 is 10.4 Å². The molecule has 1 heterocycles. The molecule has 0 spiro atoms. The predicted molar refractivity (Wildman–Crippen MR) is 78.2 cm³/mol. The molecule has 6 nitrogen and oxygen atoms in total. The second-order valence-corrected chi connectivity index (χ2v) is 6.22. The Labute approximate surface area is 123 Å². The highest BCUT2D eigenvalue weighted by atomic mass is 16.4. The predicted octanol–water partition coefficient (Wildman–Crippen LogP) is 1.71. The second-order valence-electron chi connectivity index (χ2n) is 6.22. The third kappa shape index (κ3) is 3.09. The molecule has 1 aromatic heterocycles. The minimum atomic E-state index is -1.03. The van der Waals surface area contributed by atoms with Crippen LogP contribution in [-0.4, -0.2) is 26.7 Å². The first-order valence-electron chi connectivity index (χ1n) is 7.67. The van der Waals surface area contributed by atoms with E-state index in [1.165, 1.54) is 42.6 Å². The molecule has 114 valence electrons. The maximum atomic E-state index is 12.2. The minimum Gasteiger partial charge on any atom is -0.480 e. The molecule has 2 fully saturated rings. The van der Waals surface area contributed by atoms with Gasteiger partial charge in [-0.3, -0.25) is 14.2 Å². The molecule has 3 atom stereocenters. The monoisotopic (exact) mass is 291 g/mol. The van der Waals surface area contributed by atoms with Crippen LogP contribution in [0, 0.1) is 11.8 Å². The summed E-state index contributed by atoms with van der Waals surface area (Å²) in [6, 6.07) is 0.291. The van der Waals surface area contributed by atoms with Gasteiger partial charge in [0.25, 0.3) is 5.56 Å². The second kappa shape index (κ2) is 5.87. The van der Waals surface area contributed by atoms with Crippen molar-refractivity contribution in [3.63, 3.8) is 0 Å². The maximum absolute atomic E-state index is 12.2. The smallest absolute Gasteiger partial charge is 0.323 e. The van der Waals surface area contributed by atoms with Crippen molar-refractivity contribution in [2.45, 2.75) is 51.1 Å². The van der Waals surface area contributed by atoms with E-state index in [1.54, 1.807) is 0 Å². The normalized spacial score (nSPS) is 28.1. The summed E-state index contributed by atoms with van der Waals surface area (Å²) in [5.74, 6) is 0.811. The number of aliphatic carboxylic acids is 1. The van der Waals surface area contributed by atoms with Crippen LogP contribution in [0.15, 0.2) is 17.2 Å². The van der Waals surface area contributed by atoms with Gasteiger partial charge in [-0.25, -0.2) is 4.98 Å². The molecule has 0 aromatic carbocycles. The molecule has 0 aliphatic heterocycles. The third-order valence-electron chi connectivity index (χ3n) is 4.80. The summed E-state index contributed by atoms with van der Waals surface area (Å²) in [6.45, 7) is -0.327. The van der Waals surface area contributed by atoms with Crippen LogP contribution >= 0.6 is 0 Å². The van der Waals surface area contributed by atoms with Gasteiger partial charge in [0, 0.05) is 18.4 Å². The lowest BCUT2D eigenvalue weighted by Gasteiger charge is -2.23. The van der Waals surface area contributed by atoms with Gasteiger partial charge >= 0.3 is 5.97 Å². The highest BCUT2D eigenvalue weighted by molar-refractivity contribution is 5.66. The van der Waals surface area contributed by atoms with Crippen molar-refractivity contribution in [1.82, 2.24) is 9.55 Å². The Hall–Kier alpha value is -1.85. The standard InChI is InChI=1S/C15H21N3O3/c19-13(20)9-18-6-5-16-14(15(18)21)17-12-7-10-3-1-2-4-11(10)8-12/h5-6,10-12H,1-4,7-9H2,(H,16,17)(H,19,20)/t10-,11+,12?. The van der Waals surface area contributed by atoms with Crippen LogP contribution in [0.2, 0.25) is 0 Å². The summed E-state index contributed by atoms with van der Waals surface area (Å²) < 4.78 is 1.18. The Balaban J connectivity index is 1.71. The number of fused-ring (bicyclic) bond motifs is 1. The van der Waals surface area contributed by atoms with Crippen molar-refractivity contribution >= 4 is 11.8 Å². The van der Waals surface area contributed by atoms with E-state index in [-0.39, 0.29) is 17.9 Å². The van der Waals surface area contributed by atoms with Crippen molar-refractivity contribution in [3.8, 4) is 0 Å². The van der Waals surface area contributed by atoms with Crippen molar-refractivity contribution in [3.05, 3.63) is 22.7 Å². The molecule has 21 heavy (non-hydrogen) atoms. The van der Waals surface area contributed by atoms with E-state index in [1.807, 2.05) is 0 Å². The van der Waals surface area contributed by atoms with Crippen molar-refractivity contribution in [1.29, 1.82) is 0 Å². The van der Waals surface area contributed by atoms with Crippen molar-refractivity contribution in [2.75, 3.05) is 5.32 Å². The topological polar surface area (TPSA) is 84.2 Å². The van der Waals surface area contributed by atoms with Crippen molar-refractivity contribution in [2.24, 2.45) is 11.8 Å². The Kier molecular flexibility index (Phi) is 3.94. The first-order chi connectivity index (χ1) is 10.1. The fourth-order valence-corrected chi connectivity index (χ4v) is 3.86. The molecule has 1 unspecified atom stereocenters. The van der Waals surface area contributed by atoms with Crippen LogP contribution in [0.4, 0.5) is 5.82 Å². The van der Waals surface area contributed by atoms with Gasteiger partial charge in [0.15, 0.2) is 5.82 Å². The number of aromatic nitrogens is 2.